The second-order valence-electron chi connectivity index (χ2n) is 3.10. The maximum Gasteiger partial charge on any atom is 0.138 e. The lowest BCUT2D eigenvalue weighted by Crippen LogP contribution is -2.29. The number of ether oxygens (including phenoxy) is 1. The Morgan fingerprint density at radius 3 is 2.93 bits per heavy atom. The van der Waals surface area contributed by atoms with Gasteiger partial charge < -0.3 is 15.2 Å². The molecular weight excluding hydrogens is 221 g/mol. The van der Waals surface area contributed by atoms with Crippen LogP contribution in [0.3, 0.4) is 0 Å². The van der Waals surface area contributed by atoms with Gasteiger partial charge in [-0.15, -0.1) is 0 Å². The van der Waals surface area contributed by atoms with Crippen LogP contribution in [-0.4, -0.2) is 31.4 Å². The number of halogens is 2. The fourth-order valence-electron chi connectivity index (χ4n) is 1.07. The van der Waals surface area contributed by atoms with Crippen molar-refractivity contribution >= 4 is 11.6 Å². The first kappa shape index (κ1) is 12.2. The van der Waals surface area contributed by atoms with Gasteiger partial charge >= 0.3 is 0 Å². The summed E-state index contributed by atoms with van der Waals surface area (Å²) in [6.07, 6.45) is -0.615. The minimum absolute atomic E-state index is 0.117. The molecule has 2 N–H and O–H groups in total. The van der Waals surface area contributed by atoms with Gasteiger partial charge in [0, 0.05) is 6.54 Å². The third-order valence-corrected chi connectivity index (χ3v) is 2.06. The summed E-state index contributed by atoms with van der Waals surface area (Å²) >= 11 is 5.73. The molecule has 0 heterocycles. The van der Waals surface area contributed by atoms with Gasteiger partial charge in [-0.25, -0.2) is 4.39 Å². The van der Waals surface area contributed by atoms with Crippen LogP contribution in [0.4, 0.5) is 4.39 Å². The molecule has 1 aromatic rings. The number of nitrogens with one attached hydrogen (secondary N) is 1. The minimum atomic E-state index is -0.615. The Balaban J connectivity index is 2.50. The maximum absolute atomic E-state index is 12.7. The third-order valence-electron chi connectivity index (χ3n) is 1.76. The molecule has 0 radical (unpaired) electrons. The molecule has 0 spiro atoms. The Bertz CT molecular complexity index is 322. The topological polar surface area (TPSA) is 41.5 Å². The lowest BCUT2D eigenvalue weighted by molar-refractivity contribution is 0.108. The van der Waals surface area contributed by atoms with Crippen molar-refractivity contribution in [2.75, 3.05) is 20.2 Å². The van der Waals surface area contributed by atoms with Crippen LogP contribution in [0.1, 0.15) is 0 Å². The van der Waals surface area contributed by atoms with Crippen LogP contribution in [0.5, 0.6) is 5.75 Å². The third kappa shape index (κ3) is 4.03. The predicted molar refractivity (Wildman–Crippen MR) is 56.8 cm³/mol. The number of aliphatic hydroxyl groups excluding tert-OH is 1. The Hall–Kier alpha value is -0.840. The van der Waals surface area contributed by atoms with E-state index in [0.29, 0.717) is 12.3 Å². The zero-order valence-electron chi connectivity index (χ0n) is 8.34. The molecule has 15 heavy (non-hydrogen) atoms. The average molecular weight is 234 g/mol. The molecule has 1 unspecified atom stereocenters. The van der Waals surface area contributed by atoms with Gasteiger partial charge in [0.25, 0.3) is 0 Å². The van der Waals surface area contributed by atoms with Crippen molar-refractivity contribution in [3.8, 4) is 5.75 Å². The van der Waals surface area contributed by atoms with Gasteiger partial charge in [-0.05, 0) is 25.2 Å². The van der Waals surface area contributed by atoms with Gasteiger partial charge in [0.15, 0.2) is 0 Å². The van der Waals surface area contributed by atoms with Crippen molar-refractivity contribution in [2.24, 2.45) is 0 Å². The Kier molecular flexibility index (Phi) is 4.81. The van der Waals surface area contributed by atoms with E-state index in [4.69, 9.17) is 16.3 Å². The Labute approximate surface area is 92.8 Å². The fraction of sp³-hybridized carbons (Fsp3) is 0.400. The summed E-state index contributed by atoms with van der Waals surface area (Å²) in [6, 6.07) is 3.86. The maximum atomic E-state index is 12.7. The number of benzene rings is 1. The highest BCUT2D eigenvalue weighted by Crippen LogP contribution is 2.24. The summed E-state index contributed by atoms with van der Waals surface area (Å²) in [5, 5.41) is 12.4. The first-order valence-electron chi connectivity index (χ1n) is 4.54. The van der Waals surface area contributed by atoms with E-state index in [-0.39, 0.29) is 11.6 Å². The minimum Gasteiger partial charge on any atom is -0.489 e. The molecule has 5 heteroatoms. The average Bonchev–Trinajstić information content (AvgIpc) is 2.17. The van der Waals surface area contributed by atoms with Crippen LogP contribution >= 0.6 is 11.6 Å². The molecule has 0 fully saturated rings. The summed E-state index contributed by atoms with van der Waals surface area (Å²) < 4.78 is 17.9. The van der Waals surface area contributed by atoms with E-state index in [2.05, 4.69) is 5.32 Å². The SMILES string of the molecule is CNCC(O)COc1ccc(F)cc1Cl. The molecule has 1 atom stereocenters. The first-order valence-corrected chi connectivity index (χ1v) is 4.92. The normalized spacial score (nSPS) is 12.5. The number of aliphatic hydroxyl groups is 1. The van der Waals surface area contributed by atoms with Crippen LogP contribution in [0.15, 0.2) is 18.2 Å². The van der Waals surface area contributed by atoms with Crippen LogP contribution in [-0.2, 0) is 0 Å². The van der Waals surface area contributed by atoms with Gasteiger partial charge in [0.1, 0.15) is 24.3 Å². The predicted octanol–water partition coefficient (Wildman–Crippen LogP) is 1.44. The molecule has 0 aromatic heterocycles. The standard InChI is InChI=1S/C10H13ClFNO2/c1-13-5-8(14)6-15-10-3-2-7(12)4-9(10)11/h2-4,8,13-14H,5-6H2,1H3. The van der Waals surface area contributed by atoms with Crippen molar-refractivity contribution in [1.82, 2.24) is 5.32 Å². The van der Waals surface area contributed by atoms with Crippen molar-refractivity contribution in [1.29, 1.82) is 0 Å². The zero-order valence-corrected chi connectivity index (χ0v) is 9.09. The van der Waals surface area contributed by atoms with Crippen molar-refractivity contribution < 1.29 is 14.2 Å². The van der Waals surface area contributed by atoms with Gasteiger partial charge in [-0.2, -0.15) is 0 Å². The molecule has 0 saturated carbocycles. The molecule has 0 saturated heterocycles. The van der Waals surface area contributed by atoms with E-state index in [9.17, 15) is 9.50 Å². The molecule has 0 amide bonds. The van der Waals surface area contributed by atoms with E-state index in [0.717, 1.165) is 0 Å². The van der Waals surface area contributed by atoms with Crippen LogP contribution in [0, 0.1) is 5.82 Å². The zero-order chi connectivity index (χ0) is 11.3. The summed E-state index contributed by atoms with van der Waals surface area (Å²) in [5.74, 6) is -0.0451. The van der Waals surface area contributed by atoms with Crippen molar-refractivity contribution in [3.05, 3.63) is 29.0 Å². The Morgan fingerprint density at radius 2 is 2.33 bits per heavy atom. The smallest absolute Gasteiger partial charge is 0.138 e. The van der Waals surface area contributed by atoms with Crippen LogP contribution in [0.2, 0.25) is 5.02 Å². The highest BCUT2D eigenvalue weighted by atomic mass is 35.5. The first-order chi connectivity index (χ1) is 7.13. The second-order valence-corrected chi connectivity index (χ2v) is 3.50. The van der Waals surface area contributed by atoms with Gasteiger partial charge in [0.2, 0.25) is 0 Å². The van der Waals surface area contributed by atoms with E-state index in [1.54, 1.807) is 7.05 Å². The van der Waals surface area contributed by atoms with Gasteiger partial charge in [-0.1, -0.05) is 11.6 Å². The van der Waals surface area contributed by atoms with E-state index < -0.39 is 11.9 Å². The summed E-state index contributed by atoms with van der Waals surface area (Å²) in [4.78, 5) is 0. The van der Waals surface area contributed by atoms with E-state index in [1.807, 2.05) is 0 Å². The highest BCUT2D eigenvalue weighted by Gasteiger charge is 2.06. The molecule has 84 valence electrons. The Morgan fingerprint density at radius 1 is 1.60 bits per heavy atom. The number of hydrogen-bond acceptors (Lipinski definition) is 3. The van der Waals surface area contributed by atoms with E-state index in [1.165, 1.54) is 18.2 Å². The largest absolute Gasteiger partial charge is 0.489 e. The number of hydrogen-bond donors (Lipinski definition) is 2. The molecule has 0 aliphatic carbocycles. The summed E-state index contributed by atoms with van der Waals surface area (Å²) in [6.45, 7) is 0.547. The lowest BCUT2D eigenvalue weighted by Gasteiger charge is -2.12. The molecule has 1 aromatic carbocycles. The monoisotopic (exact) mass is 233 g/mol. The van der Waals surface area contributed by atoms with Gasteiger partial charge in [0.05, 0.1) is 5.02 Å². The second kappa shape index (κ2) is 5.90. The fourth-order valence-corrected chi connectivity index (χ4v) is 1.29. The van der Waals surface area contributed by atoms with Crippen molar-refractivity contribution in [3.63, 3.8) is 0 Å². The van der Waals surface area contributed by atoms with Gasteiger partial charge in [-0.3, -0.25) is 0 Å². The molecule has 3 nitrogen and oxygen atoms in total. The number of rotatable bonds is 5. The molecule has 0 aliphatic heterocycles. The summed E-state index contributed by atoms with van der Waals surface area (Å²) in [7, 11) is 1.73. The van der Waals surface area contributed by atoms with Crippen LogP contribution < -0.4 is 10.1 Å². The van der Waals surface area contributed by atoms with Crippen molar-refractivity contribution in [2.45, 2.75) is 6.10 Å². The molecule has 1 rings (SSSR count). The highest BCUT2D eigenvalue weighted by molar-refractivity contribution is 6.32. The number of likely N-dealkylation sites (N-methyl/N-ethyl adjacent to an activating group) is 1. The quantitative estimate of drug-likeness (QED) is 0.809. The van der Waals surface area contributed by atoms with Crippen LogP contribution in [0.25, 0.3) is 0 Å². The molecule has 0 aliphatic rings. The molecule has 0 bridgehead atoms. The molecular formula is C10H13ClFNO2. The van der Waals surface area contributed by atoms with E-state index >= 15 is 0 Å². The lowest BCUT2D eigenvalue weighted by atomic mass is 10.3. The summed E-state index contributed by atoms with van der Waals surface area (Å²) in [5.41, 5.74) is 0.